The van der Waals surface area contributed by atoms with Crippen molar-refractivity contribution in [3.8, 4) is 0 Å². The Morgan fingerprint density at radius 3 is 2.23 bits per heavy atom. The molecule has 0 heterocycles. The van der Waals surface area contributed by atoms with Gasteiger partial charge in [0, 0.05) is 0 Å². The summed E-state index contributed by atoms with van der Waals surface area (Å²) in [7, 11) is 0. The molecule has 10 unspecified atom stereocenters. The summed E-state index contributed by atoms with van der Waals surface area (Å²) >= 11 is 0. The molecule has 0 radical (unpaired) electrons. The number of fused-ring (bicyclic) bond motifs is 7. The molecule has 0 bridgehead atoms. The number of carbonyl (C=O) groups is 1. The van der Waals surface area contributed by atoms with Crippen molar-refractivity contribution in [3.63, 3.8) is 0 Å². The molecule has 1 aromatic carbocycles. The molecule has 3 nitrogen and oxygen atoms in total. The molecule has 5 aliphatic rings. The normalized spacial score (nSPS) is 43.9. The van der Waals surface area contributed by atoms with Gasteiger partial charge < -0.3 is 9.84 Å². The van der Waals surface area contributed by atoms with E-state index in [9.17, 15) is 9.90 Å². The summed E-state index contributed by atoms with van der Waals surface area (Å²) in [4.78, 5) is 9.76. The van der Waals surface area contributed by atoms with E-state index < -0.39 is 0 Å². The van der Waals surface area contributed by atoms with Gasteiger partial charge >= 0.3 is 0 Å². The average Bonchev–Trinajstić information content (AvgIpc) is 3.33. The Kier molecular flexibility index (Phi) is 9.73. The quantitative estimate of drug-likeness (QED) is 0.310. The van der Waals surface area contributed by atoms with E-state index in [0.717, 1.165) is 41.6 Å². The molecule has 0 saturated heterocycles. The molecule has 0 amide bonds. The second kappa shape index (κ2) is 12.5. The maximum Gasteiger partial charge on any atom is 0.293 e. The third kappa shape index (κ3) is 5.77. The van der Waals surface area contributed by atoms with Gasteiger partial charge in [0.05, 0.1) is 6.10 Å². The predicted octanol–water partition coefficient (Wildman–Crippen LogP) is 8.99. The Hall–Kier alpha value is -1.61. The maximum atomic E-state index is 10.5. The van der Waals surface area contributed by atoms with Crippen LogP contribution in [0.3, 0.4) is 0 Å². The summed E-state index contributed by atoms with van der Waals surface area (Å²) in [5.74, 6) is 5.26. The molecule has 5 saturated carbocycles. The van der Waals surface area contributed by atoms with Crippen molar-refractivity contribution in [2.75, 3.05) is 0 Å². The number of aliphatic hydroxyl groups is 1. The summed E-state index contributed by atoms with van der Waals surface area (Å²) in [6, 6.07) is 9.55. The van der Waals surface area contributed by atoms with Gasteiger partial charge in [-0.3, -0.25) is 4.79 Å². The van der Waals surface area contributed by atoms with Crippen LogP contribution in [0.4, 0.5) is 0 Å². The Morgan fingerprint density at radius 1 is 0.897 bits per heavy atom. The van der Waals surface area contributed by atoms with E-state index >= 15 is 0 Å². The zero-order chi connectivity index (χ0) is 28.3. The first-order chi connectivity index (χ1) is 18.6. The molecule has 5 aliphatic carbocycles. The number of allylic oxidation sites excluding steroid dienone is 1. The third-order valence-corrected chi connectivity index (χ3v) is 12.7. The van der Waals surface area contributed by atoms with Crippen LogP contribution in [0.25, 0.3) is 0 Å². The highest BCUT2D eigenvalue weighted by Crippen LogP contribution is 2.71. The Balaban J connectivity index is 0.000000227. The molecule has 10 atom stereocenters. The van der Waals surface area contributed by atoms with Gasteiger partial charge in [0.1, 0.15) is 6.61 Å². The van der Waals surface area contributed by atoms with Crippen LogP contribution in [0.2, 0.25) is 0 Å². The van der Waals surface area contributed by atoms with Crippen LogP contribution in [0.1, 0.15) is 111 Å². The van der Waals surface area contributed by atoms with E-state index in [1.165, 1.54) is 64.2 Å². The van der Waals surface area contributed by atoms with E-state index in [0.29, 0.717) is 35.2 Å². The van der Waals surface area contributed by atoms with Crippen molar-refractivity contribution in [2.45, 2.75) is 118 Å². The highest BCUT2D eigenvalue weighted by Gasteiger charge is 2.63. The first kappa shape index (κ1) is 30.4. The van der Waals surface area contributed by atoms with E-state index in [2.05, 4.69) is 39.0 Å². The maximum absolute atomic E-state index is 10.5. The highest BCUT2D eigenvalue weighted by molar-refractivity contribution is 5.37. The lowest BCUT2D eigenvalue weighted by atomic mass is 9.38. The van der Waals surface area contributed by atoms with Gasteiger partial charge in [-0.05, 0) is 128 Å². The highest BCUT2D eigenvalue weighted by atomic mass is 16.5. The number of ether oxygens (including phenoxy) is 1. The second-order valence-electron chi connectivity index (χ2n) is 14.5. The SMILES string of the molecule is C=CC.CC1C(O)CCC2(C)C1CCC1(C)C3CCC4(C)CCCC4C3CCC21.O=COCc1ccccc1. The van der Waals surface area contributed by atoms with Gasteiger partial charge in [0.2, 0.25) is 0 Å². The summed E-state index contributed by atoms with van der Waals surface area (Å²) < 4.78 is 4.54. The molecule has 0 aromatic heterocycles. The molecule has 3 heteroatoms. The lowest BCUT2D eigenvalue weighted by molar-refractivity contribution is -0.193. The van der Waals surface area contributed by atoms with Gasteiger partial charge in [-0.2, -0.15) is 0 Å². The van der Waals surface area contributed by atoms with Crippen molar-refractivity contribution in [1.82, 2.24) is 0 Å². The van der Waals surface area contributed by atoms with Crippen molar-refractivity contribution in [1.29, 1.82) is 0 Å². The molecule has 1 aromatic rings. The van der Waals surface area contributed by atoms with Crippen LogP contribution in [-0.4, -0.2) is 17.7 Å². The van der Waals surface area contributed by atoms with Crippen molar-refractivity contribution < 1.29 is 14.6 Å². The number of carbonyl (C=O) groups excluding carboxylic acids is 1. The first-order valence-electron chi connectivity index (χ1n) is 16.0. The molecule has 1 N–H and O–H groups in total. The third-order valence-electron chi connectivity index (χ3n) is 12.7. The van der Waals surface area contributed by atoms with Crippen molar-refractivity contribution in [2.24, 2.45) is 51.8 Å². The fourth-order valence-electron chi connectivity index (χ4n) is 10.9. The fraction of sp³-hybridized carbons (Fsp3) is 0.750. The standard InChI is InChI=1S/C25H42O.C8H8O2.C3H6/c1-16-18-10-14-25(4)20-9-13-23(2)12-5-6-19(23)17(20)7-8-22(25)24(18,3)15-11-21(16)26;9-7-10-6-8-4-2-1-3-5-8;1-3-2/h16-22,26H,5-15H2,1-4H3;1-5,7H,6H2;3H,1H2,2H3. The van der Waals surface area contributed by atoms with Crippen LogP contribution in [-0.2, 0) is 16.1 Å². The second-order valence-corrected chi connectivity index (χ2v) is 14.5. The zero-order valence-electron chi connectivity index (χ0n) is 25.5. The topological polar surface area (TPSA) is 46.5 Å². The van der Waals surface area contributed by atoms with Crippen LogP contribution in [0.15, 0.2) is 43.0 Å². The first-order valence-corrected chi connectivity index (χ1v) is 16.0. The number of rotatable bonds is 3. The van der Waals surface area contributed by atoms with Gasteiger partial charge in [0.15, 0.2) is 0 Å². The van der Waals surface area contributed by atoms with Crippen LogP contribution >= 0.6 is 0 Å². The fourth-order valence-corrected chi connectivity index (χ4v) is 10.9. The van der Waals surface area contributed by atoms with E-state index in [4.69, 9.17) is 0 Å². The Labute approximate surface area is 239 Å². The van der Waals surface area contributed by atoms with Gasteiger partial charge in [0.25, 0.3) is 6.47 Å². The zero-order valence-corrected chi connectivity index (χ0v) is 25.5. The monoisotopic (exact) mass is 536 g/mol. The minimum absolute atomic E-state index is 0.0392. The summed E-state index contributed by atoms with van der Waals surface area (Å²) in [6.45, 7) is 16.4. The lowest BCUT2D eigenvalue weighted by Gasteiger charge is -2.67. The predicted molar refractivity (Wildman–Crippen MR) is 161 cm³/mol. The summed E-state index contributed by atoms with van der Waals surface area (Å²) in [5, 5.41) is 10.5. The number of aliphatic hydroxyl groups excluding tert-OH is 1. The van der Waals surface area contributed by atoms with Crippen molar-refractivity contribution >= 4 is 6.47 Å². The lowest BCUT2D eigenvalue weighted by Crippen LogP contribution is -2.61. The molecular formula is C36H56O3. The molecular weight excluding hydrogens is 480 g/mol. The molecule has 0 spiro atoms. The molecule has 39 heavy (non-hydrogen) atoms. The minimum Gasteiger partial charge on any atom is -0.463 e. The van der Waals surface area contributed by atoms with Crippen LogP contribution in [0.5, 0.6) is 0 Å². The number of hydrogen-bond acceptors (Lipinski definition) is 3. The van der Waals surface area contributed by atoms with Crippen LogP contribution in [0, 0.1) is 51.8 Å². The van der Waals surface area contributed by atoms with Crippen LogP contribution < -0.4 is 0 Å². The molecule has 6 rings (SSSR count). The number of benzene rings is 1. The largest absolute Gasteiger partial charge is 0.463 e. The summed E-state index contributed by atoms with van der Waals surface area (Å²) in [6.07, 6.45) is 17.4. The molecule has 218 valence electrons. The smallest absolute Gasteiger partial charge is 0.293 e. The van der Waals surface area contributed by atoms with E-state index in [1.54, 1.807) is 6.08 Å². The Morgan fingerprint density at radius 2 is 1.54 bits per heavy atom. The van der Waals surface area contributed by atoms with Gasteiger partial charge in [-0.25, -0.2) is 0 Å². The summed E-state index contributed by atoms with van der Waals surface area (Å²) in [5.41, 5.74) is 2.77. The van der Waals surface area contributed by atoms with Crippen molar-refractivity contribution in [3.05, 3.63) is 48.6 Å². The van der Waals surface area contributed by atoms with Gasteiger partial charge in [-0.1, -0.05) is 70.5 Å². The number of hydrogen-bond donors (Lipinski definition) is 1. The minimum atomic E-state index is -0.0392. The molecule has 0 aliphatic heterocycles. The van der Waals surface area contributed by atoms with Gasteiger partial charge in [-0.15, -0.1) is 6.58 Å². The average molecular weight is 537 g/mol. The van der Waals surface area contributed by atoms with E-state index in [1.807, 2.05) is 37.3 Å². The Bertz CT molecular complexity index is 944. The molecule has 5 fully saturated rings. The van der Waals surface area contributed by atoms with E-state index in [-0.39, 0.29) is 6.10 Å².